The summed E-state index contributed by atoms with van der Waals surface area (Å²) in [7, 11) is 0. The number of esters is 1. The van der Waals surface area contributed by atoms with Crippen LogP contribution < -0.4 is 21.3 Å². The van der Waals surface area contributed by atoms with Gasteiger partial charge in [0.25, 0.3) is 0 Å². The lowest BCUT2D eigenvalue weighted by Gasteiger charge is -2.72. The molecule has 0 unspecified atom stereocenters. The molecule has 4 saturated carbocycles. The van der Waals surface area contributed by atoms with Crippen LogP contribution in [-0.4, -0.2) is 90.9 Å². The van der Waals surface area contributed by atoms with E-state index in [0.717, 1.165) is 42.7 Å². The Morgan fingerprint density at radius 1 is 0.862 bits per heavy atom. The number of hydrogen-bond donors (Lipinski definition) is 5. The fourth-order valence-corrected chi connectivity index (χ4v) is 11.8. The molecule has 1 aromatic rings. The second kappa shape index (κ2) is 18.0. The van der Waals surface area contributed by atoms with Crippen LogP contribution in [0.15, 0.2) is 29.2 Å². The summed E-state index contributed by atoms with van der Waals surface area (Å²) in [5.41, 5.74) is -1.56. The van der Waals surface area contributed by atoms with Crippen LogP contribution in [0.4, 0.5) is 9.59 Å². The predicted molar refractivity (Wildman–Crippen MR) is 226 cm³/mol. The molecule has 0 aromatic heterocycles. The quantitative estimate of drug-likeness (QED) is 0.0504. The smallest absolute Gasteiger partial charge is 0.407 e. The molecule has 4 fully saturated rings. The zero-order valence-electron chi connectivity index (χ0n) is 36.8. The number of ether oxygens (including phenoxy) is 3. The first kappa shape index (κ1) is 46.2. The first-order chi connectivity index (χ1) is 27.0. The number of alkyl carbamates (subject to hydrolysis) is 2. The largest absolute Gasteiger partial charge is 0.461 e. The molecule has 0 aliphatic heterocycles. The molecule has 4 aliphatic carbocycles. The van der Waals surface area contributed by atoms with E-state index in [1.165, 1.54) is 11.8 Å². The molecule has 12 nitrogen and oxygen atoms in total. The van der Waals surface area contributed by atoms with Crippen molar-refractivity contribution in [1.29, 1.82) is 0 Å². The molecule has 1 aromatic carbocycles. The number of carbonyl (C=O) groups excluding carboxylic acids is 4. The van der Waals surface area contributed by atoms with Gasteiger partial charge in [-0.1, -0.05) is 39.8 Å². The van der Waals surface area contributed by atoms with Crippen LogP contribution in [0.25, 0.3) is 0 Å². The van der Waals surface area contributed by atoms with Crippen molar-refractivity contribution in [3.05, 3.63) is 29.8 Å². The Hall–Kier alpha value is -2.87. The van der Waals surface area contributed by atoms with E-state index < -0.39 is 46.4 Å². The van der Waals surface area contributed by atoms with E-state index in [0.29, 0.717) is 57.8 Å². The highest BCUT2D eigenvalue weighted by molar-refractivity contribution is 8.00. The van der Waals surface area contributed by atoms with Gasteiger partial charge in [0.05, 0.1) is 11.9 Å². The molecule has 2 spiro atoms. The summed E-state index contributed by atoms with van der Waals surface area (Å²) in [6.07, 6.45) is 2.91. The third-order valence-electron chi connectivity index (χ3n) is 13.7. The monoisotopic (exact) mass is 829 g/mol. The summed E-state index contributed by atoms with van der Waals surface area (Å²) in [5, 5.41) is 24.9. The Bertz CT molecular complexity index is 1630. The van der Waals surface area contributed by atoms with Gasteiger partial charge in [-0.25, -0.2) is 9.59 Å². The first-order valence-electron chi connectivity index (χ1n) is 21.5. The molecule has 13 heteroatoms. The Kier molecular flexibility index (Phi) is 14.3. The van der Waals surface area contributed by atoms with Gasteiger partial charge >= 0.3 is 18.2 Å². The Morgan fingerprint density at radius 3 is 2.03 bits per heavy atom. The maximum absolute atomic E-state index is 13.9. The van der Waals surface area contributed by atoms with Gasteiger partial charge in [0.1, 0.15) is 23.1 Å². The van der Waals surface area contributed by atoms with E-state index in [2.05, 4.69) is 61.1 Å². The number of nitrogens with one attached hydrogen (secondary N) is 4. The van der Waals surface area contributed by atoms with Crippen LogP contribution in [-0.2, 0) is 30.3 Å². The van der Waals surface area contributed by atoms with Crippen LogP contribution in [0.5, 0.6) is 0 Å². The zero-order valence-corrected chi connectivity index (χ0v) is 37.6. The molecular formula is C45H72N4O8S. The minimum absolute atomic E-state index is 0.0180. The van der Waals surface area contributed by atoms with Crippen molar-refractivity contribution >= 4 is 35.7 Å². The molecule has 9 atom stereocenters. The molecule has 5 rings (SSSR count). The minimum atomic E-state index is -0.663. The summed E-state index contributed by atoms with van der Waals surface area (Å²) in [5.74, 6) is 0.450. The third kappa shape index (κ3) is 10.2. The lowest BCUT2D eigenvalue weighted by Crippen LogP contribution is -2.72. The highest BCUT2D eigenvalue weighted by Gasteiger charge is 2.81. The Morgan fingerprint density at radius 2 is 1.45 bits per heavy atom. The van der Waals surface area contributed by atoms with Crippen molar-refractivity contribution in [2.45, 2.75) is 149 Å². The Labute approximate surface area is 351 Å². The average Bonchev–Trinajstić information content (AvgIpc) is 3.31. The Balaban J connectivity index is 1.20. The van der Waals surface area contributed by atoms with Gasteiger partial charge in [0, 0.05) is 53.7 Å². The van der Waals surface area contributed by atoms with Crippen molar-refractivity contribution in [3.63, 3.8) is 0 Å². The van der Waals surface area contributed by atoms with Crippen molar-refractivity contribution in [2.75, 3.05) is 38.5 Å². The fraction of sp³-hybridized carbons (Fsp3) is 0.778. The summed E-state index contributed by atoms with van der Waals surface area (Å²) in [6, 6.07) is 8.14. The number of rotatable bonds is 16. The second-order valence-corrected chi connectivity index (χ2v) is 21.4. The molecule has 58 heavy (non-hydrogen) atoms. The number of carbonyl (C=O) groups is 4. The number of ketones is 1. The molecule has 0 heterocycles. The second-order valence-electron chi connectivity index (χ2n) is 20.3. The summed E-state index contributed by atoms with van der Waals surface area (Å²) < 4.78 is 17.2. The normalized spacial score (nSPS) is 32.9. The number of aliphatic hydroxyl groups excluding tert-OH is 1. The van der Waals surface area contributed by atoms with Crippen LogP contribution in [0.2, 0.25) is 0 Å². The number of hydrogen-bond acceptors (Lipinski definition) is 11. The number of amides is 2. The lowest BCUT2D eigenvalue weighted by molar-refractivity contribution is -0.261. The molecule has 4 aliphatic rings. The number of Topliss-reactive ketones (excluding diaryl/α,β-unsaturated/α-hetero) is 1. The van der Waals surface area contributed by atoms with E-state index in [1.807, 2.05) is 53.7 Å². The SMILES string of the molecule is C[C@@H]1C[C@]23C[C@@]4(CCC2=O)[C@@H]3[C@]1(C)[C@H](OC(=O)CSc1ccc(CNCCCNC(=O)OC(C)(C)C)cc1)C[C@](C)(CNCCCNC(=O)OC(C)(C)C)[C@@H](O)[C@@H]4C. The zero-order chi connectivity index (χ0) is 42.7. The fourth-order valence-electron chi connectivity index (χ4n) is 11.1. The predicted octanol–water partition coefficient (Wildman–Crippen LogP) is 7.01. The highest BCUT2D eigenvalue weighted by Crippen LogP contribution is 2.82. The minimum Gasteiger partial charge on any atom is -0.461 e. The van der Waals surface area contributed by atoms with E-state index in [9.17, 15) is 24.3 Å². The van der Waals surface area contributed by atoms with Crippen molar-refractivity contribution in [1.82, 2.24) is 21.3 Å². The van der Waals surface area contributed by atoms with Crippen LogP contribution in [0.3, 0.4) is 0 Å². The van der Waals surface area contributed by atoms with Gasteiger partial charge in [0.2, 0.25) is 0 Å². The molecule has 0 saturated heterocycles. The van der Waals surface area contributed by atoms with Crippen LogP contribution in [0.1, 0.15) is 120 Å². The number of benzene rings is 1. The van der Waals surface area contributed by atoms with Gasteiger partial charge in [0.15, 0.2) is 0 Å². The van der Waals surface area contributed by atoms with E-state index >= 15 is 0 Å². The van der Waals surface area contributed by atoms with Gasteiger partial charge in [-0.3, -0.25) is 9.59 Å². The average molecular weight is 829 g/mol. The van der Waals surface area contributed by atoms with Crippen LogP contribution >= 0.6 is 11.8 Å². The summed E-state index contributed by atoms with van der Waals surface area (Å²) in [6.45, 7) is 23.4. The standard InChI is InChI=1S/C45H72N4O8S/c1-29-23-45-27-44(18-17-33(45)50)30(2)36(52)42(9,28-47-20-12-22-49-39(54)57-41(6,7)8)24-34(43(29,10)37(44)45)55-35(51)26-58-32-15-13-31(14-16-32)25-46-19-11-21-48-38(53)56-40(3,4)5/h13-16,29-30,34,36-37,46-47,52H,11-12,17-28H2,1-10H3,(H,48,53)(H,49,54)/t29-,30+,34-,36+,37+,42-,43+,44-,45+/m1/s1. The van der Waals surface area contributed by atoms with Crippen LogP contribution in [0, 0.1) is 39.4 Å². The topological polar surface area (TPSA) is 164 Å². The molecule has 2 amide bonds. The van der Waals surface area contributed by atoms with E-state index in [-0.39, 0.29) is 40.3 Å². The lowest BCUT2D eigenvalue weighted by atomic mass is 9.32. The number of thioether (sulfide) groups is 1. The molecular weight excluding hydrogens is 757 g/mol. The molecule has 5 N–H and O–H groups in total. The molecule has 326 valence electrons. The van der Waals surface area contributed by atoms with E-state index in [1.54, 1.807) is 0 Å². The van der Waals surface area contributed by atoms with Crippen molar-refractivity contribution in [3.8, 4) is 0 Å². The summed E-state index contributed by atoms with van der Waals surface area (Å²) in [4.78, 5) is 52.5. The van der Waals surface area contributed by atoms with Gasteiger partial charge in [-0.15, -0.1) is 11.8 Å². The summed E-state index contributed by atoms with van der Waals surface area (Å²) >= 11 is 1.45. The molecule has 2 bridgehead atoms. The van der Waals surface area contributed by atoms with Gasteiger partial charge in [-0.05, 0) is 134 Å². The van der Waals surface area contributed by atoms with Gasteiger partial charge in [-0.2, -0.15) is 0 Å². The first-order valence-corrected chi connectivity index (χ1v) is 22.5. The maximum atomic E-state index is 13.9. The highest BCUT2D eigenvalue weighted by atomic mass is 32.2. The van der Waals surface area contributed by atoms with Gasteiger partial charge < -0.3 is 40.6 Å². The number of aliphatic hydroxyl groups is 1. The van der Waals surface area contributed by atoms with E-state index in [4.69, 9.17) is 14.2 Å². The molecule has 0 radical (unpaired) electrons. The van der Waals surface area contributed by atoms with Crippen molar-refractivity contribution < 1.29 is 38.5 Å². The van der Waals surface area contributed by atoms with Crippen molar-refractivity contribution in [2.24, 2.45) is 39.4 Å². The maximum Gasteiger partial charge on any atom is 0.407 e. The third-order valence-corrected chi connectivity index (χ3v) is 14.7.